The number of esters is 1. The molecule has 1 unspecified atom stereocenters. The lowest BCUT2D eigenvalue weighted by Crippen LogP contribution is -2.62. The monoisotopic (exact) mass is 326 g/mol. The van der Waals surface area contributed by atoms with Gasteiger partial charge in [-0.3, -0.25) is 4.79 Å². The van der Waals surface area contributed by atoms with Gasteiger partial charge in [0.15, 0.2) is 6.10 Å². The Bertz CT molecular complexity index is 344. The fraction of sp³-hybridized carbons (Fsp3) is 0.917. The van der Waals surface area contributed by atoms with E-state index in [1.165, 1.54) is 27.7 Å². The first-order valence-electron chi connectivity index (χ1n) is 6.17. The molecule has 0 aromatic rings. The average Bonchev–Trinajstić information content (AvgIpc) is 2.22. The lowest BCUT2D eigenvalue weighted by Gasteiger charge is -2.37. The van der Waals surface area contributed by atoms with Crippen molar-refractivity contribution in [1.29, 1.82) is 0 Å². The van der Waals surface area contributed by atoms with E-state index in [1.54, 1.807) is 0 Å². The van der Waals surface area contributed by atoms with Gasteiger partial charge in [-0.1, -0.05) is 27.7 Å². The van der Waals surface area contributed by atoms with Gasteiger partial charge < -0.3 is 4.74 Å². The minimum Gasteiger partial charge on any atom is -0.458 e. The van der Waals surface area contributed by atoms with Crippen molar-refractivity contribution in [2.24, 2.45) is 11.8 Å². The second-order valence-corrected chi connectivity index (χ2v) is 5.42. The molecule has 1 atom stereocenters. The normalized spacial score (nSPS) is 15.5. The molecule has 0 radical (unpaired) electrons. The number of halogens is 7. The summed E-state index contributed by atoms with van der Waals surface area (Å²) in [6.07, 6.45) is -16.4. The molecular formula is C12H17F7O2. The Labute approximate surface area is 117 Å². The van der Waals surface area contributed by atoms with Gasteiger partial charge in [0, 0.05) is 0 Å². The minimum absolute atomic E-state index is 0.741. The zero-order valence-electron chi connectivity index (χ0n) is 11.9. The van der Waals surface area contributed by atoms with E-state index in [1.807, 2.05) is 0 Å². The van der Waals surface area contributed by atoms with Crippen LogP contribution in [0, 0.1) is 11.8 Å². The summed E-state index contributed by atoms with van der Waals surface area (Å²) in [6.45, 7) is 5.03. The first-order chi connectivity index (χ1) is 9.14. The van der Waals surface area contributed by atoms with Crippen LogP contribution in [-0.2, 0) is 9.53 Å². The van der Waals surface area contributed by atoms with Gasteiger partial charge >= 0.3 is 24.0 Å². The van der Waals surface area contributed by atoms with Crippen LogP contribution in [0.2, 0.25) is 0 Å². The molecule has 126 valence electrons. The van der Waals surface area contributed by atoms with E-state index in [-0.39, 0.29) is 0 Å². The van der Waals surface area contributed by atoms with Crippen LogP contribution >= 0.6 is 0 Å². The Morgan fingerprint density at radius 3 is 1.52 bits per heavy atom. The fourth-order valence-corrected chi connectivity index (χ4v) is 1.52. The molecule has 0 aromatic heterocycles. The van der Waals surface area contributed by atoms with Gasteiger partial charge in [-0.25, -0.2) is 4.39 Å². The number of carbonyl (C=O) groups is 1. The Kier molecular flexibility index (Phi) is 6.08. The van der Waals surface area contributed by atoms with Crippen molar-refractivity contribution < 1.29 is 40.3 Å². The van der Waals surface area contributed by atoms with E-state index < -0.39 is 48.4 Å². The molecule has 0 aliphatic heterocycles. The van der Waals surface area contributed by atoms with E-state index >= 15 is 0 Å². The molecule has 0 heterocycles. The topological polar surface area (TPSA) is 26.3 Å². The zero-order chi connectivity index (χ0) is 17.2. The SMILES string of the molecule is CC(C)CC(OC(=O)C(C)C)C(F)(C(F)(F)F)C(F)(F)F. The van der Waals surface area contributed by atoms with Crippen molar-refractivity contribution in [3.05, 3.63) is 0 Å². The van der Waals surface area contributed by atoms with Gasteiger partial charge in [-0.15, -0.1) is 0 Å². The molecule has 0 aliphatic rings. The second-order valence-electron chi connectivity index (χ2n) is 5.42. The van der Waals surface area contributed by atoms with Crippen molar-refractivity contribution in [3.63, 3.8) is 0 Å². The molecule has 0 amide bonds. The highest BCUT2D eigenvalue weighted by atomic mass is 19.4. The molecule has 0 rings (SSSR count). The van der Waals surface area contributed by atoms with Gasteiger partial charge in [0.05, 0.1) is 5.92 Å². The highest BCUT2D eigenvalue weighted by Gasteiger charge is 2.77. The molecule has 0 saturated heterocycles. The highest BCUT2D eigenvalue weighted by Crippen LogP contribution is 2.50. The molecule has 0 bridgehead atoms. The predicted molar refractivity (Wildman–Crippen MR) is 60.1 cm³/mol. The number of rotatable bonds is 5. The van der Waals surface area contributed by atoms with E-state index in [0.717, 1.165) is 0 Å². The lowest BCUT2D eigenvalue weighted by atomic mass is 9.90. The van der Waals surface area contributed by atoms with E-state index in [0.29, 0.717) is 0 Å². The van der Waals surface area contributed by atoms with Gasteiger partial charge in [0.2, 0.25) is 0 Å². The summed E-state index contributed by atoms with van der Waals surface area (Å²) in [4.78, 5) is 11.3. The Hall–Kier alpha value is -1.02. The number of hydrogen-bond acceptors (Lipinski definition) is 2. The Balaban J connectivity index is 5.77. The first kappa shape index (κ1) is 20.0. The molecule has 21 heavy (non-hydrogen) atoms. The molecule has 0 aliphatic carbocycles. The molecule has 0 spiro atoms. The highest BCUT2D eigenvalue weighted by molar-refractivity contribution is 5.71. The lowest BCUT2D eigenvalue weighted by molar-refractivity contribution is -0.366. The number of hydrogen-bond donors (Lipinski definition) is 0. The summed E-state index contributed by atoms with van der Waals surface area (Å²) in [7, 11) is 0. The smallest absolute Gasteiger partial charge is 0.435 e. The van der Waals surface area contributed by atoms with Crippen LogP contribution in [0.4, 0.5) is 30.7 Å². The first-order valence-corrected chi connectivity index (χ1v) is 6.17. The standard InChI is InChI=1S/C12H17F7O2/c1-6(2)5-8(21-9(20)7(3)4)10(13,11(14,15)16)12(17,18)19/h6-8H,5H2,1-4H3. The largest absolute Gasteiger partial charge is 0.458 e. The minimum atomic E-state index is -6.25. The zero-order valence-corrected chi connectivity index (χ0v) is 11.9. The molecule has 2 nitrogen and oxygen atoms in total. The number of carbonyl (C=O) groups excluding carboxylic acids is 1. The van der Waals surface area contributed by atoms with Gasteiger partial charge in [0.25, 0.3) is 0 Å². The molecule has 9 heteroatoms. The van der Waals surface area contributed by atoms with Crippen molar-refractivity contribution in [2.75, 3.05) is 0 Å². The van der Waals surface area contributed by atoms with Crippen molar-refractivity contribution in [3.8, 4) is 0 Å². The summed E-state index contributed by atoms with van der Waals surface area (Å²) < 4.78 is 94.1. The predicted octanol–water partition coefficient (Wildman–Crippen LogP) is 4.43. The van der Waals surface area contributed by atoms with Crippen LogP contribution in [-0.4, -0.2) is 30.1 Å². The van der Waals surface area contributed by atoms with Crippen molar-refractivity contribution in [2.45, 2.75) is 58.2 Å². The maximum Gasteiger partial charge on any atom is 0.435 e. The van der Waals surface area contributed by atoms with Crippen LogP contribution < -0.4 is 0 Å². The van der Waals surface area contributed by atoms with Crippen molar-refractivity contribution >= 4 is 5.97 Å². The Morgan fingerprint density at radius 2 is 1.29 bits per heavy atom. The average molecular weight is 326 g/mol. The van der Waals surface area contributed by atoms with Crippen LogP contribution in [0.15, 0.2) is 0 Å². The number of alkyl halides is 7. The van der Waals surface area contributed by atoms with E-state index in [2.05, 4.69) is 4.74 Å². The second kappa shape index (κ2) is 6.39. The molecule has 0 aromatic carbocycles. The summed E-state index contributed by atoms with van der Waals surface area (Å²) in [6, 6.07) is 0. The van der Waals surface area contributed by atoms with Crippen LogP contribution in [0.25, 0.3) is 0 Å². The van der Waals surface area contributed by atoms with Crippen LogP contribution in [0.3, 0.4) is 0 Å². The maximum atomic E-state index is 13.9. The fourth-order valence-electron chi connectivity index (χ4n) is 1.52. The Morgan fingerprint density at radius 1 is 0.905 bits per heavy atom. The summed E-state index contributed by atoms with van der Waals surface area (Å²) in [5, 5.41) is 0. The van der Waals surface area contributed by atoms with Crippen LogP contribution in [0.1, 0.15) is 34.1 Å². The number of ether oxygens (including phenoxy) is 1. The van der Waals surface area contributed by atoms with Gasteiger partial charge in [-0.05, 0) is 12.3 Å². The van der Waals surface area contributed by atoms with E-state index in [9.17, 15) is 35.5 Å². The van der Waals surface area contributed by atoms with Gasteiger partial charge in [0.1, 0.15) is 0 Å². The molecular weight excluding hydrogens is 309 g/mol. The summed E-state index contributed by atoms with van der Waals surface area (Å²) in [5.74, 6) is -3.05. The molecule has 0 fully saturated rings. The maximum absolute atomic E-state index is 13.9. The van der Waals surface area contributed by atoms with Crippen molar-refractivity contribution in [1.82, 2.24) is 0 Å². The van der Waals surface area contributed by atoms with Crippen LogP contribution in [0.5, 0.6) is 0 Å². The van der Waals surface area contributed by atoms with E-state index in [4.69, 9.17) is 0 Å². The summed E-state index contributed by atoms with van der Waals surface area (Å²) in [5.41, 5.74) is -5.60. The molecule has 0 saturated carbocycles. The molecule has 0 N–H and O–H groups in total. The van der Waals surface area contributed by atoms with Gasteiger partial charge in [-0.2, -0.15) is 26.3 Å². The third-order valence-electron chi connectivity index (χ3n) is 2.68. The summed E-state index contributed by atoms with van der Waals surface area (Å²) >= 11 is 0. The third-order valence-corrected chi connectivity index (χ3v) is 2.68. The quantitative estimate of drug-likeness (QED) is 0.552. The third kappa shape index (κ3) is 4.47.